The highest BCUT2D eigenvalue weighted by Crippen LogP contribution is 2.32. The molecule has 2 aromatic rings. The van der Waals surface area contributed by atoms with E-state index in [1.807, 2.05) is 42.2 Å². The van der Waals surface area contributed by atoms with E-state index in [4.69, 9.17) is 0 Å². The van der Waals surface area contributed by atoms with Crippen molar-refractivity contribution in [3.63, 3.8) is 0 Å². The first-order chi connectivity index (χ1) is 11.6. The summed E-state index contributed by atoms with van der Waals surface area (Å²) in [6, 6.07) is 9.38. The monoisotopic (exact) mass is 343 g/mol. The number of carbonyl (C=O) groups excluding carboxylic acids is 2. The van der Waals surface area contributed by atoms with Crippen LogP contribution in [0, 0.1) is 6.92 Å². The zero-order valence-electron chi connectivity index (χ0n) is 13.9. The summed E-state index contributed by atoms with van der Waals surface area (Å²) in [6.45, 7) is 3.30. The van der Waals surface area contributed by atoms with Crippen LogP contribution in [0.15, 0.2) is 30.3 Å². The lowest BCUT2D eigenvalue weighted by Crippen LogP contribution is -2.39. The Balaban J connectivity index is 1.76. The Kier molecular flexibility index (Phi) is 4.94. The fourth-order valence-electron chi connectivity index (χ4n) is 3.04. The number of aromatic nitrogens is 1. The minimum Gasteiger partial charge on any atom is -0.354 e. The highest BCUT2D eigenvalue weighted by molar-refractivity contribution is 7.13. The van der Waals surface area contributed by atoms with Crippen molar-refractivity contribution in [3.05, 3.63) is 51.5 Å². The van der Waals surface area contributed by atoms with E-state index in [9.17, 15) is 9.59 Å². The maximum Gasteiger partial charge on any atom is 0.263 e. The predicted octanol–water partition coefficient (Wildman–Crippen LogP) is 2.83. The van der Waals surface area contributed by atoms with Crippen LogP contribution < -0.4 is 5.32 Å². The molecular weight excluding hydrogens is 322 g/mol. The largest absolute Gasteiger partial charge is 0.354 e. The molecule has 1 unspecified atom stereocenters. The van der Waals surface area contributed by atoms with Crippen LogP contribution in [0.1, 0.15) is 49.5 Å². The summed E-state index contributed by atoms with van der Waals surface area (Å²) in [5, 5.41) is 3.61. The third-order valence-corrected chi connectivity index (χ3v) is 5.64. The van der Waals surface area contributed by atoms with Crippen LogP contribution in [0.5, 0.6) is 0 Å². The number of hydrogen-bond donors (Lipinski definition) is 1. The van der Waals surface area contributed by atoms with Crippen LogP contribution in [0.3, 0.4) is 0 Å². The van der Waals surface area contributed by atoms with Crippen LogP contribution in [-0.2, 0) is 0 Å². The summed E-state index contributed by atoms with van der Waals surface area (Å²) in [7, 11) is 1.63. The number of piperidine rings is 1. The number of nitrogens with zero attached hydrogens (tertiary/aromatic N) is 2. The van der Waals surface area contributed by atoms with Crippen molar-refractivity contribution in [2.75, 3.05) is 20.1 Å². The van der Waals surface area contributed by atoms with Gasteiger partial charge in [0.15, 0.2) is 0 Å². The molecule has 126 valence electrons. The van der Waals surface area contributed by atoms with Gasteiger partial charge in [0.1, 0.15) is 4.88 Å². The number of carbonyl (C=O) groups is 2. The first-order valence-electron chi connectivity index (χ1n) is 8.14. The summed E-state index contributed by atoms with van der Waals surface area (Å²) in [5.74, 6) is 0.179. The maximum atomic E-state index is 12.6. The van der Waals surface area contributed by atoms with Crippen molar-refractivity contribution in [1.82, 2.24) is 15.2 Å². The quantitative estimate of drug-likeness (QED) is 0.932. The number of likely N-dealkylation sites (tertiary alicyclic amines) is 1. The summed E-state index contributed by atoms with van der Waals surface area (Å²) >= 11 is 1.45. The summed E-state index contributed by atoms with van der Waals surface area (Å²) in [5.41, 5.74) is 1.49. The fourth-order valence-corrected chi connectivity index (χ4v) is 4.18. The number of nitrogens with one attached hydrogen (secondary N) is 1. The van der Waals surface area contributed by atoms with Crippen LogP contribution >= 0.6 is 11.3 Å². The lowest BCUT2D eigenvalue weighted by atomic mass is 9.98. The zero-order valence-corrected chi connectivity index (χ0v) is 14.7. The third kappa shape index (κ3) is 3.33. The molecule has 24 heavy (non-hydrogen) atoms. The second-order valence-electron chi connectivity index (χ2n) is 6.00. The molecule has 1 aliphatic heterocycles. The Hall–Kier alpha value is -2.21. The van der Waals surface area contributed by atoms with Gasteiger partial charge in [0.2, 0.25) is 0 Å². The van der Waals surface area contributed by atoms with E-state index >= 15 is 0 Å². The number of amides is 2. The number of aryl methyl sites for hydroxylation is 1. The van der Waals surface area contributed by atoms with E-state index in [0.717, 1.165) is 35.7 Å². The number of thiazole rings is 1. The van der Waals surface area contributed by atoms with Gasteiger partial charge in [0.25, 0.3) is 11.8 Å². The molecule has 0 aliphatic carbocycles. The Morgan fingerprint density at radius 2 is 2.04 bits per heavy atom. The predicted molar refractivity (Wildman–Crippen MR) is 94.6 cm³/mol. The first-order valence-corrected chi connectivity index (χ1v) is 8.95. The van der Waals surface area contributed by atoms with Crippen LogP contribution in [0.4, 0.5) is 0 Å². The molecule has 0 spiro atoms. The van der Waals surface area contributed by atoms with Gasteiger partial charge in [-0.3, -0.25) is 9.59 Å². The molecule has 0 saturated carbocycles. The molecule has 0 radical (unpaired) electrons. The fraction of sp³-hybridized carbons (Fsp3) is 0.389. The maximum absolute atomic E-state index is 12.6. The van der Waals surface area contributed by atoms with Gasteiger partial charge in [-0.25, -0.2) is 4.98 Å². The molecule has 5 nitrogen and oxygen atoms in total. The standard InChI is InChI=1S/C18H21N3O2S/c1-12-15(16(22)19-2)24-17(20-12)14-9-6-10-21(11-14)18(23)13-7-4-3-5-8-13/h3-5,7-8,14H,6,9-11H2,1-2H3,(H,19,22). The molecule has 1 N–H and O–H groups in total. The molecule has 1 aromatic heterocycles. The SMILES string of the molecule is CNC(=O)c1sc(C2CCCN(C(=O)c3ccccc3)C2)nc1C. The Bertz CT molecular complexity index is 742. The Morgan fingerprint density at radius 3 is 2.75 bits per heavy atom. The molecule has 1 atom stereocenters. The van der Waals surface area contributed by atoms with E-state index in [0.29, 0.717) is 11.4 Å². The van der Waals surface area contributed by atoms with Crippen molar-refractivity contribution >= 4 is 23.2 Å². The summed E-state index contributed by atoms with van der Waals surface area (Å²) in [6.07, 6.45) is 1.95. The van der Waals surface area contributed by atoms with E-state index < -0.39 is 0 Å². The van der Waals surface area contributed by atoms with Crippen molar-refractivity contribution in [1.29, 1.82) is 0 Å². The topological polar surface area (TPSA) is 62.3 Å². The van der Waals surface area contributed by atoms with Crippen LogP contribution in [-0.4, -0.2) is 41.8 Å². The number of hydrogen-bond acceptors (Lipinski definition) is 4. The van der Waals surface area contributed by atoms with Gasteiger partial charge in [-0.2, -0.15) is 0 Å². The Labute approximate surface area is 145 Å². The number of rotatable bonds is 3. The molecule has 2 heterocycles. The lowest BCUT2D eigenvalue weighted by molar-refractivity contribution is 0.0707. The van der Waals surface area contributed by atoms with Gasteiger partial charge in [0.05, 0.1) is 10.7 Å². The van der Waals surface area contributed by atoms with Crippen molar-refractivity contribution in [2.24, 2.45) is 0 Å². The van der Waals surface area contributed by atoms with Gasteiger partial charge < -0.3 is 10.2 Å². The third-order valence-electron chi connectivity index (χ3n) is 4.33. The van der Waals surface area contributed by atoms with Crippen LogP contribution in [0.2, 0.25) is 0 Å². The molecule has 2 amide bonds. The average molecular weight is 343 g/mol. The molecule has 0 bridgehead atoms. The van der Waals surface area contributed by atoms with Gasteiger partial charge in [-0.1, -0.05) is 18.2 Å². The molecule has 6 heteroatoms. The normalized spacial score (nSPS) is 17.6. The molecule has 1 aromatic carbocycles. The van der Waals surface area contributed by atoms with Crippen molar-refractivity contribution < 1.29 is 9.59 Å². The van der Waals surface area contributed by atoms with E-state index in [2.05, 4.69) is 10.3 Å². The van der Waals surface area contributed by atoms with Gasteiger partial charge >= 0.3 is 0 Å². The second kappa shape index (κ2) is 7.13. The van der Waals surface area contributed by atoms with Gasteiger partial charge in [-0.15, -0.1) is 11.3 Å². The van der Waals surface area contributed by atoms with Gasteiger partial charge in [0, 0.05) is 31.6 Å². The molecule has 1 fully saturated rings. The highest BCUT2D eigenvalue weighted by Gasteiger charge is 2.28. The Morgan fingerprint density at radius 1 is 1.29 bits per heavy atom. The van der Waals surface area contributed by atoms with Crippen molar-refractivity contribution in [2.45, 2.75) is 25.7 Å². The molecule has 3 rings (SSSR count). The molecule has 1 saturated heterocycles. The van der Waals surface area contributed by atoms with Crippen molar-refractivity contribution in [3.8, 4) is 0 Å². The summed E-state index contributed by atoms with van der Waals surface area (Å²) in [4.78, 5) is 31.7. The lowest BCUT2D eigenvalue weighted by Gasteiger charge is -2.32. The zero-order chi connectivity index (χ0) is 17.1. The molecular formula is C18H21N3O2S. The average Bonchev–Trinajstić information content (AvgIpc) is 3.03. The first kappa shape index (κ1) is 16.6. The van der Waals surface area contributed by atoms with Crippen LogP contribution in [0.25, 0.3) is 0 Å². The van der Waals surface area contributed by atoms with E-state index in [1.165, 1.54) is 11.3 Å². The smallest absolute Gasteiger partial charge is 0.263 e. The van der Waals surface area contributed by atoms with E-state index in [1.54, 1.807) is 7.05 Å². The van der Waals surface area contributed by atoms with Gasteiger partial charge in [-0.05, 0) is 31.9 Å². The molecule has 1 aliphatic rings. The summed E-state index contributed by atoms with van der Waals surface area (Å²) < 4.78 is 0. The highest BCUT2D eigenvalue weighted by atomic mass is 32.1. The number of benzene rings is 1. The minimum absolute atomic E-state index is 0.0695. The van der Waals surface area contributed by atoms with E-state index in [-0.39, 0.29) is 17.7 Å². The minimum atomic E-state index is -0.0933. The second-order valence-corrected chi connectivity index (χ2v) is 7.03.